The molecule has 0 atom stereocenters. The van der Waals surface area contributed by atoms with Crippen LogP contribution in [0.4, 0.5) is 20.3 Å². The number of pyridine rings is 2. The number of carbonyl (C=O) groups is 1. The van der Waals surface area contributed by atoms with E-state index in [2.05, 4.69) is 25.6 Å². The molecule has 0 aliphatic carbocycles. The van der Waals surface area contributed by atoms with Crippen LogP contribution >= 0.6 is 0 Å². The molecule has 0 radical (unpaired) electrons. The molecular weight excluding hydrogens is 452 g/mol. The lowest BCUT2D eigenvalue weighted by molar-refractivity contribution is 0.0951. The summed E-state index contributed by atoms with van der Waals surface area (Å²) in [7, 11) is 0. The Labute approximate surface area is 198 Å². The third-order valence-corrected chi connectivity index (χ3v) is 5.25. The minimum Gasteiger partial charge on any atom is -0.453 e. The van der Waals surface area contributed by atoms with Gasteiger partial charge in [-0.15, -0.1) is 0 Å². The van der Waals surface area contributed by atoms with E-state index in [9.17, 15) is 13.6 Å². The van der Waals surface area contributed by atoms with E-state index in [0.29, 0.717) is 17.1 Å². The van der Waals surface area contributed by atoms with Crippen LogP contribution < -0.4 is 15.4 Å². The predicted molar refractivity (Wildman–Crippen MR) is 128 cm³/mol. The maximum absolute atomic E-state index is 14.8. The summed E-state index contributed by atoms with van der Waals surface area (Å²) >= 11 is 0. The van der Waals surface area contributed by atoms with Gasteiger partial charge in [0.05, 0.1) is 10.9 Å². The first-order valence-corrected chi connectivity index (χ1v) is 10.7. The fourth-order valence-corrected chi connectivity index (χ4v) is 3.51. The molecule has 0 aliphatic heterocycles. The zero-order valence-electron chi connectivity index (χ0n) is 18.3. The fraction of sp³-hybridized carbons (Fsp3) is 0.0385. The molecule has 0 unspecified atom stereocenters. The molecule has 3 heterocycles. The number of halogens is 2. The van der Waals surface area contributed by atoms with Gasteiger partial charge in [0.1, 0.15) is 23.0 Å². The Morgan fingerprint density at radius 2 is 1.80 bits per heavy atom. The van der Waals surface area contributed by atoms with Crippen molar-refractivity contribution in [3.8, 4) is 11.5 Å². The van der Waals surface area contributed by atoms with Gasteiger partial charge in [0, 0.05) is 36.9 Å². The number of anilines is 2. The molecule has 0 bridgehead atoms. The van der Waals surface area contributed by atoms with E-state index in [1.807, 2.05) is 0 Å². The summed E-state index contributed by atoms with van der Waals surface area (Å²) in [5.74, 6) is -0.531. The average molecular weight is 471 g/mol. The number of nitrogens with one attached hydrogen (secondary N) is 3. The van der Waals surface area contributed by atoms with Crippen molar-refractivity contribution in [3.63, 3.8) is 0 Å². The quantitative estimate of drug-likeness (QED) is 0.283. The average Bonchev–Trinajstić information content (AvgIpc) is 3.35. The number of aromatic nitrogens is 3. The van der Waals surface area contributed by atoms with E-state index in [1.54, 1.807) is 54.9 Å². The number of rotatable bonds is 7. The first-order chi connectivity index (χ1) is 17.1. The predicted octanol–water partition coefficient (Wildman–Crippen LogP) is 5.70. The molecule has 3 N–H and O–H groups in total. The van der Waals surface area contributed by atoms with E-state index in [4.69, 9.17) is 4.74 Å². The monoisotopic (exact) mass is 471 g/mol. The van der Waals surface area contributed by atoms with Crippen LogP contribution in [0.2, 0.25) is 0 Å². The second-order valence-corrected chi connectivity index (χ2v) is 7.63. The van der Waals surface area contributed by atoms with Gasteiger partial charge in [0.15, 0.2) is 11.6 Å². The summed E-state index contributed by atoms with van der Waals surface area (Å²) in [4.78, 5) is 24.1. The maximum Gasteiger partial charge on any atom is 0.255 e. The van der Waals surface area contributed by atoms with Crippen LogP contribution in [0.5, 0.6) is 11.5 Å². The molecule has 0 spiro atoms. The number of hydrogen-bond acceptors (Lipinski definition) is 5. The van der Waals surface area contributed by atoms with Gasteiger partial charge in [0.25, 0.3) is 5.91 Å². The van der Waals surface area contributed by atoms with E-state index >= 15 is 0 Å². The molecule has 0 fully saturated rings. The van der Waals surface area contributed by atoms with E-state index < -0.39 is 5.82 Å². The number of benzene rings is 2. The van der Waals surface area contributed by atoms with Gasteiger partial charge >= 0.3 is 0 Å². The van der Waals surface area contributed by atoms with E-state index in [-0.39, 0.29) is 35.4 Å². The zero-order chi connectivity index (χ0) is 24.2. The Hall–Kier alpha value is -4.79. The van der Waals surface area contributed by atoms with Crippen LogP contribution in [-0.2, 0) is 6.54 Å². The lowest BCUT2D eigenvalue weighted by atomic mass is 10.2. The summed E-state index contributed by atoms with van der Waals surface area (Å²) in [6.07, 6.45) is 4.83. The third kappa shape index (κ3) is 4.93. The Morgan fingerprint density at radius 1 is 0.943 bits per heavy atom. The SMILES string of the molecule is O=C(NCc1ccc(F)cc1)c1cccnc1Nc1ccc(Oc2ccnc3[nH]ccc23)c(F)c1. The summed E-state index contributed by atoms with van der Waals surface area (Å²) < 4.78 is 33.7. The van der Waals surface area contributed by atoms with Gasteiger partial charge in [-0.2, -0.15) is 0 Å². The Balaban J connectivity index is 1.30. The van der Waals surface area contributed by atoms with Crippen molar-refractivity contribution in [3.05, 3.63) is 108 Å². The summed E-state index contributed by atoms with van der Waals surface area (Å²) in [5.41, 5.74) is 2.06. The highest BCUT2D eigenvalue weighted by Gasteiger charge is 2.14. The van der Waals surface area contributed by atoms with Crippen molar-refractivity contribution in [2.24, 2.45) is 0 Å². The van der Waals surface area contributed by atoms with Gasteiger partial charge in [0.2, 0.25) is 0 Å². The van der Waals surface area contributed by atoms with Crippen LogP contribution in [0.25, 0.3) is 11.0 Å². The number of nitrogens with zero attached hydrogens (tertiary/aromatic N) is 2. The van der Waals surface area contributed by atoms with Crippen molar-refractivity contribution in [1.82, 2.24) is 20.3 Å². The van der Waals surface area contributed by atoms with Crippen molar-refractivity contribution in [2.45, 2.75) is 6.54 Å². The van der Waals surface area contributed by atoms with Crippen LogP contribution in [0.3, 0.4) is 0 Å². The largest absolute Gasteiger partial charge is 0.453 e. The number of ether oxygens (including phenoxy) is 1. The summed E-state index contributed by atoms with van der Waals surface area (Å²) in [6, 6.07) is 16.9. The number of hydrogen-bond donors (Lipinski definition) is 3. The van der Waals surface area contributed by atoms with Crippen LogP contribution in [0.15, 0.2) is 85.3 Å². The Kier molecular flexibility index (Phi) is 6.04. The topological polar surface area (TPSA) is 91.9 Å². The molecule has 174 valence electrons. The number of fused-ring (bicyclic) bond motifs is 1. The molecule has 0 saturated heterocycles. The number of aromatic amines is 1. The second-order valence-electron chi connectivity index (χ2n) is 7.63. The third-order valence-electron chi connectivity index (χ3n) is 5.25. The second kappa shape index (κ2) is 9.60. The van der Waals surface area contributed by atoms with Gasteiger partial charge in [-0.05, 0) is 54.1 Å². The first-order valence-electron chi connectivity index (χ1n) is 10.7. The number of carbonyl (C=O) groups excluding carboxylic acids is 1. The number of amides is 1. The highest BCUT2D eigenvalue weighted by Crippen LogP contribution is 2.31. The minimum atomic E-state index is -0.589. The van der Waals surface area contributed by atoms with Gasteiger partial charge < -0.3 is 20.4 Å². The molecule has 35 heavy (non-hydrogen) atoms. The normalized spacial score (nSPS) is 10.8. The molecule has 3 aromatic heterocycles. The highest BCUT2D eigenvalue weighted by atomic mass is 19.1. The highest BCUT2D eigenvalue weighted by molar-refractivity contribution is 5.99. The maximum atomic E-state index is 14.8. The molecule has 5 rings (SSSR count). The van der Waals surface area contributed by atoms with Crippen molar-refractivity contribution < 1.29 is 18.3 Å². The zero-order valence-corrected chi connectivity index (χ0v) is 18.3. The number of H-pyrrole nitrogens is 1. The lowest BCUT2D eigenvalue weighted by Crippen LogP contribution is -2.24. The summed E-state index contributed by atoms with van der Waals surface area (Å²) in [5, 5.41) is 6.50. The molecular formula is C26H19F2N5O2. The molecule has 0 aliphatic rings. The smallest absolute Gasteiger partial charge is 0.255 e. The van der Waals surface area contributed by atoms with Crippen LogP contribution in [0.1, 0.15) is 15.9 Å². The lowest BCUT2D eigenvalue weighted by Gasteiger charge is -2.13. The van der Waals surface area contributed by atoms with Crippen molar-refractivity contribution in [2.75, 3.05) is 5.32 Å². The van der Waals surface area contributed by atoms with Crippen molar-refractivity contribution >= 4 is 28.4 Å². The van der Waals surface area contributed by atoms with Gasteiger partial charge in [-0.1, -0.05) is 12.1 Å². The van der Waals surface area contributed by atoms with E-state index in [0.717, 1.165) is 10.9 Å². The first kappa shape index (κ1) is 22.0. The summed E-state index contributed by atoms with van der Waals surface area (Å²) in [6.45, 7) is 0.220. The van der Waals surface area contributed by atoms with Crippen LogP contribution in [0, 0.1) is 11.6 Å². The molecule has 7 nitrogen and oxygen atoms in total. The molecule has 1 amide bonds. The minimum absolute atomic E-state index is 0.0440. The van der Waals surface area contributed by atoms with Gasteiger partial charge in [-0.3, -0.25) is 4.79 Å². The fourth-order valence-electron chi connectivity index (χ4n) is 3.51. The standard InChI is InChI=1S/C26H19F2N5O2/c27-17-5-3-16(4-6-17)15-32-26(34)20-2-1-11-29-25(20)33-18-7-8-23(21(28)14-18)35-22-10-13-31-24-19(22)9-12-30-24/h1-14H,15H2,(H,29,33)(H,30,31)(H,32,34). The molecule has 9 heteroatoms. The Morgan fingerprint density at radius 3 is 2.63 bits per heavy atom. The molecule has 2 aromatic carbocycles. The molecule has 0 saturated carbocycles. The van der Waals surface area contributed by atoms with Gasteiger partial charge in [-0.25, -0.2) is 18.7 Å². The molecule has 5 aromatic rings. The Bertz CT molecular complexity index is 1500. The van der Waals surface area contributed by atoms with Crippen LogP contribution in [-0.4, -0.2) is 20.9 Å². The van der Waals surface area contributed by atoms with E-state index in [1.165, 1.54) is 30.5 Å². The van der Waals surface area contributed by atoms with Crippen molar-refractivity contribution in [1.29, 1.82) is 0 Å².